The molecule has 0 spiro atoms. The Balaban J connectivity index is 3.66. The zero-order valence-corrected chi connectivity index (χ0v) is 31.2. The monoisotopic (exact) mass is 643 g/mol. The van der Waals surface area contributed by atoms with Crippen molar-refractivity contribution in [1.29, 1.82) is 0 Å². The number of hydrogen-bond acceptors (Lipinski definition) is 2. The van der Waals surface area contributed by atoms with Gasteiger partial charge in [-0.05, 0) is 70.1 Å². The van der Waals surface area contributed by atoms with Crippen LogP contribution >= 0.6 is 0 Å². The summed E-state index contributed by atoms with van der Waals surface area (Å²) < 4.78 is 0. The van der Waals surface area contributed by atoms with E-state index in [9.17, 15) is 9.59 Å². The van der Waals surface area contributed by atoms with Gasteiger partial charge in [0.15, 0.2) is 0 Å². The first-order valence-electron chi connectivity index (χ1n) is 20.0. The molecular weight excluding hydrogens is 564 g/mol. The fourth-order valence-corrected chi connectivity index (χ4v) is 5.86. The van der Waals surface area contributed by atoms with Crippen molar-refractivity contribution in [3.8, 4) is 0 Å². The van der Waals surface area contributed by atoms with Gasteiger partial charge in [-0.2, -0.15) is 0 Å². The van der Waals surface area contributed by atoms with Crippen molar-refractivity contribution in [3.63, 3.8) is 0 Å². The normalized spacial score (nSPS) is 12.6. The summed E-state index contributed by atoms with van der Waals surface area (Å²) in [5.74, 6) is 0.828. The molecule has 4 heteroatoms. The average Bonchev–Trinajstić information content (AvgIpc) is 3.04. The van der Waals surface area contributed by atoms with Gasteiger partial charge >= 0.3 is 0 Å². The number of carbonyl (C=O) groups is 2. The van der Waals surface area contributed by atoms with Crippen LogP contribution < -0.4 is 10.6 Å². The molecule has 0 saturated heterocycles. The van der Waals surface area contributed by atoms with E-state index in [1.165, 1.54) is 96.3 Å². The van der Waals surface area contributed by atoms with Crippen LogP contribution in [0.3, 0.4) is 0 Å². The highest BCUT2D eigenvalue weighted by atomic mass is 16.2. The summed E-state index contributed by atoms with van der Waals surface area (Å²) in [6.45, 7) is 9.58. The van der Waals surface area contributed by atoms with Crippen LogP contribution in [0.1, 0.15) is 201 Å². The molecular formula is C42H78N2O2. The predicted molar refractivity (Wildman–Crippen MR) is 203 cm³/mol. The molecule has 0 unspecified atom stereocenters. The molecule has 0 fully saturated rings. The van der Waals surface area contributed by atoms with Crippen LogP contribution in [-0.2, 0) is 9.59 Å². The summed E-state index contributed by atoms with van der Waals surface area (Å²) >= 11 is 0. The molecule has 2 amide bonds. The van der Waals surface area contributed by atoms with Gasteiger partial charge in [0.25, 0.3) is 0 Å². The zero-order chi connectivity index (χ0) is 33.8. The second-order valence-corrected chi connectivity index (χ2v) is 13.9. The van der Waals surface area contributed by atoms with Crippen molar-refractivity contribution >= 4 is 11.8 Å². The van der Waals surface area contributed by atoms with E-state index in [1.807, 2.05) is 0 Å². The highest BCUT2D eigenvalue weighted by molar-refractivity contribution is 5.76. The molecule has 0 heterocycles. The second kappa shape index (κ2) is 36.0. The van der Waals surface area contributed by atoms with Crippen molar-refractivity contribution in [2.45, 2.75) is 207 Å². The minimum Gasteiger partial charge on any atom is -0.356 e. The topological polar surface area (TPSA) is 58.2 Å². The van der Waals surface area contributed by atoms with Gasteiger partial charge in [0.1, 0.15) is 0 Å². The summed E-state index contributed by atoms with van der Waals surface area (Å²) in [4.78, 5) is 24.8. The molecule has 4 nitrogen and oxygen atoms in total. The van der Waals surface area contributed by atoms with Gasteiger partial charge in [-0.15, -0.1) is 0 Å². The molecule has 0 aliphatic rings. The standard InChI is InChI=1S/C42H78N2O2/c1-5-7-9-11-13-15-17-19-20-22-24-26-28-30-32-37-42(46)44-40(39(3)4)35-33-34-38-43-41(45)36-31-29-27-25-23-21-18-16-14-12-10-8-6-2/h7,9,13,15,19-20,39-40H,5-6,8,10-12,14,16-18,21-38H2,1-4H3,(H,43,45)(H,44,46)/b9-7-,15-13-,20-19-/t40-/m0/s1. The van der Waals surface area contributed by atoms with Gasteiger partial charge < -0.3 is 10.6 Å². The lowest BCUT2D eigenvalue weighted by molar-refractivity contribution is -0.122. The smallest absolute Gasteiger partial charge is 0.220 e. The van der Waals surface area contributed by atoms with Crippen molar-refractivity contribution < 1.29 is 9.59 Å². The van der Waals surface area contributed by atoms with Crippen LogP contribution in [0, 0.1) is 5.92 Å². The summed E-state index contributed by atoms with van der Waals surface area (Å²) in [5.41, 5.74) is 0. The van der Waals surface area contributed by atoms with Crippen LogP contribution in [0.5, 0.6) is 0 Å². The Labute approximate surface area is 287 Å². The van der Waals surface area contributed by atoms with E-state index in [-0.39, 0.29) is 17.9 Å². The SMILES string of the molecule is CC/C=C\C/C=C\C/C=C\CCCCCCCC(=O)N[C@@H](CCCCNC(=O)CCCCCCCCCCCCCCC)C(C)C. The zero-order valence-electron chi connectivity index (χ0n) is 31.2. The third-order valence-corrected chi connectivity index (χ3v) is 8.98. The average molecular weight is 643 g/mol. The maximum absolute atomic E-state index is 12.5. The highest BCUT2D eigenvalue weighted by Crippen LogP contribution is 2.14. The Morgan fingerprint density at radius 1 is 0.522 bits per heavy atom. The number of unbranched alkanes of at least 4 members (excludes halogenated alkanes) is 18. The molecule has 0 aromatic rings. The third kappa shape index (κ3) is 33.5. The fraction of sp³-hybridized carbons (Fsp3) is 0.810. The van der Waals surface area contributed by atoms with E-state index in [0.717, 1.165) is 70.8 Å². The van der Waals surface area contributed by atoms with Gasteiger partial charge in [-0.25, -0.2) is 0 Å². The number of allylic oxidation sites excluding steroid dienone is 6. The number of rotatable bonds is 34. The summed E-state index contributed by atoms with van der Waals surface area (Å²) in [7, 11) is 0. The Morgan fingerprint density at radius 2 is 1.00 bits per heavy atom. The summed E-state index contributed by atoms with van der Waals surface area (Å²) in [5, 5.41) is 6.40. The van der Waals surface area contributed by atoms with E-state index < -0.39 is 0 Å². The quantitative estimate of drug-likeness (QED) is 0.0542. The molecule has 0 radical (unpaired) electrons. The number of amides is 2. The maximum Gasteiger partial charge on any atom is 0.220 e. The lowest BCUT2D eigenvalue weighted by Gasteiger charge is -2.22. The fourth-order valence-electron chi connectivity index (χ4n) is 5.86. The minimum absolute atomic E-state index is 0.200. The van der Waals surface area contributed by atoms with Crippen molar-refractivity contribution in [1.82, 2.24) is 10.6 Å². The molecule has 0 aliphatic carbocycles. The van der Waals surface area contributed by atoms with E-state index >= 15 is 0 Å². The lowest BCUT2D eigenvalue weighted by Crippen LogP contribution is -2.38. The number of hydrogen-bond donors (Lipinski definition) is 2. The molecule has 0 aromatic heterocycles. The largest absolute Gasteiger partial charge is 0.356 e. The van der Waals surface area contributed by atoms with E-state index in [0.29, 0.717) is 18.8 Å². The van der Waals surface area contributed by atoms with Crippen LogP contribution in [-0.4, -0.2) is 24.4 Å². The summed E-state index contributed by atoms with van der Waals surface area (Å²) in [6.07, 6.45) is 45.2. The first-order valence-corrected chi connectivity index (χ1v) is 20.0. The van der Waals surface area contributed by atoms with Gasteiger partial charge in [0.05, 0.1) is 0 Å². The Hall–Kier alpha value is -1.84. The Bertz CT molecular complexity index is 755. The van der Waals surface area contributed by atoms with Crippen LogP contribution in [0.2, 0.25) is 0 Å². The lowest BCUT2D eigenvalue weighted by atomic mass is 9.98. The first kappa shape index (κ1) is 44.2. The maximum atomic E-state index is 12.5. The van der Waals surface area contributed by atoms with Gasteiger partial charge in [-0.3, -0.25) is 9.59 Å². The van der Waals surface area contributed by atoms with Gasteiger partial charge in [0.2, 0.25) is 11.8 Å². The molecule has 2 N–H and O–H groups in total. The van der Waals surface area contributed by atoms with Crippen molar-refractivity contribution in [3.05, 3.63) is 36.5 Å². The molecule has 0 aromatic carbocycles. The van der Waals surface area contributed by atoms with Crippen LogP contribution in [0.4, 0.5) is 0 Å². The first-order chi connectivity index (χ1) is 22.5. The van der Waals surface area contributed by atoms with Crippen LogP contribution in [0.15, 0.2) is 36.5 Å². The summed E-state index contributed by atoms with van der Waals surface area (Å²) in [6, 6.07) is 0.225. The Kier molecular flexibility index (Phi) is 34.6. The predicted octanol–water partition coefficient (Wildman–Crippen LogP) is 12.5. The van der Waals surface area contributed by atoms with E-state index in [2.05, 4.69) is 74.8 Å². The minimum atomic E-state index is 0.200. The highest BCUT2D eigenvalue weighted by Gasteiger charge is 2.15. The number of carbonyl (C=O) groups excluding carboxylic acids is 2. The number of nitrogens with one attached hydrogen (secondary N) is 2. The van der Waals surface area contributed by atoms with E-state index in [1.54, 1.807) is 0 Å². The van der Waals surface area contributed by atoms with Gasteiger partial charge in [-0.1, -0.05) is 160 Å². The van der Waals surface area contributed by atoms with Crippen molar-refractivity contribution in [2.75, 3.05) is 6.54 Å². The van der Waals surface area contributed by atoms with E-state index in [4.69, 9.17) is 0 Å². The molecule has 268 valence electrons. The molecule has 0 saturated carbocycles. The molecule has 1 atom stereocenters. The molecule has 0 rings (SSSR count). The van der Waals surface area contributed by atoms with Gasteiger partial charge in [0, 0.05) is 25.4 Å². The van der Waals surface area contributed by atoms with Crippen molar-refractivity contribution in [2.24, 2.45) is 5.92 Å². The molecule has 46 heavy (non-hydrogen) atoms. The molecule has 0 bridgehead atoms. The molecule has 0 aliphatic heterocycles. The van der Waals surface area contributed by atoms with Crippen LogP contribution in [0.25, 0.3) is 0 Å². The third-order valence-electron chi connectivity index (χ3n) is 8.98. The Morgan fingerprint density at radius 3 is 1.54 bits per heavy atom. The second-order valence-electron chi connectivity index (χ2n) is 13.9.